The first-order valence-electron chi connectivity index (χ1n) is 8.33. The quantitative estimate of drug-likeness (QED) is 0.844. The molecule has 3 rings (SSSR count). The number of aliphatic hydroxyl groups excluding tert-OH is 1. The van der Waals surface area contributed by atoms with E-state index in [1.807, 2.05) is 12.4 Å². The summed E-state index contributed by atoms with van der Waals surface area (Å²) >= 11 is 0. The molecule has 1 aliphatic carbocycles. The Morgan fingerprint density at radius 1 is 1.14 bits per heavy atom. The Labute approximate surface area is 131 Å². The summed E-state index contributed by atoms with van der Waals surface area (Å²) in [6.45, 7) is 4.39. The number of aliphatic hydroxyl groups is 1. The number of morpholine rings is 1. The fourth-order valence-electron chi connectivity index (χ4n) is 3.18. The second kappa shape index (κ2) is 7.85. The molecule has 2 aliphatic rings. The van der Waals surface area contributed by atoms with Gasteiger partial charge in [-0.1, -0.05) is 0 Å². The van der Waals surface area contributed by atoms with Gasteiger partial charge in [0.15, 0.2) is 0 Å². The summed E-state index contributed by atoms with van der Waals surface area (Å²) in [6, 6.07) is 0.557. The molecule has 6 heteroatoms. The zero-order chi connectivity index (χ0) is 15.2. The van der Waals surface area contributed by atoms with Crippen LogP contribution in [0.4, 0.5) is 5.95 Å². The third-order valence-electron chi connectivity index (χ3n) is 4.69. The first kappa shape index (κ1) is 15.6. The van der Waals surface area contributed by atoms with Gasteiger partial charge < -0.3 is 20.1 Å². The fraction of sp³-hybridized carbons (Fsp3) is 0.750. The number of ether oxygens (including phenoxy) is 1. The number of rotatable bonds is 5. The molecular weight excluding hydrogens is 280 g/mol. The standard InChI is InChI=1S/C16H26N4O2/c21-12-13-1-3-15(4-2-13)17-9-14-10-18-16(19-11-14)20-5-7-22-8-6-20/h10-11,13,15,17,21H,1-9,12H2. The van der Waals surface area contributed by atoms with Crippen molar-refractivity contribution in [3.8, 4) is 0 Å². The summed E-state index contributed by atoms with van der Waals surface area (Å²) in [4.78, 5) is 11.1. The van der Waals surface area contributed by atoms with Gasteiger partial charge in [-0.05, 0) is 31.6 Å². The summed E-state index contributed by atoms with van der Waals surface area (Å²) in [6.07, 6.45) is 8.39. The summed E-state index contributed by atoms with van der Waals surface area (Å²) in [5.41, 5.74) is 1.13. The van der Waals surface area contributed by atoms with Crippen LogP contribution >= 0.6 is 0 Å². The maximum Gasteiger partial charge on any atom is 0.225 e. The molecule has 2 heterocycles. The lowest BCUT2D eigenvalue weighted by atomic mass is 9.86. The second-order valence-corrected chi connectivity index (χ2v) is 6.27. The average molecular weight is 306 g/mol. The molecule has 1 saturated carbocycles. The van der Waals surface area contributed by atoms with E-state index in [9.17, 15) is 0 Å². The third-order valence-corrected chi connectivity index (χ3v) is 4.69. The van der Waals surface area contributed by atoms with Crippen molar-refractivity contribution in [1.82, 2.24) is 15.3 Å². The van der Waals surface area contributed by atoms with Crippen LogP contribution in [0.15, 0.2) is 12.4 Å². The van der Waals surface area contributed by atoms with E-state index in [4.69, 9.17) is 9.84 Å². The van der Waals surface area contributed by atoms with Crippen molar-refractivity contribution in [2.24, 2.45) is 5.92 Å². The Hall–Kier alpha value is -1.24. The van der Waals surface area contributed by atoms with Crippen LogP contribution in [-0.4, -0.2) is 54.0 Å². The number of aromatic nitrogens is 2. The summed E-state index contributed by atoms with van der Waals surface area (Å²) < 4.78 is 5.34. The Morgan fingerprint density at radius 2 is 1.82 bits per heavy atom. The molecule has 1 aromatic heterocycles. The predicted octanol–water partition coefficient (Wildman–Crippen LogP) is 0.954. The Morgan fingerprint density at radius 3 is 2.45 bits per heavy atom. The molecule has 6 nitrogen and oxygen atoms in total. The molecule has 0 atom stereocenters. The topological polar surface area (TPSA) is 70.5 Å². The van der Waals surface area contributed by atoms with Crippen molar-refractivity contribution in [1.29, 1.82) is 0 Å². The van der Waals surface area contributed by atoms with E-state index in [2.05, 4.69) is 20.2 Å². The molecule has 122 valence electrons. The first-order chi connectivity index (χ1) is 10.8. The first-order valence-corrected chi connectivity index (χ1v) is 8.33. The Balaban J connectivity index is 1.45. The maximum absolute atomic E-state index is 9.17. The molecule has 0 aromatic carbocycles. The van der Waals surface area contributed by atoms with Crippen molar-refractivity contribution in [3.63, 3.8) is 0 Å². The van der Waals surface area contributed by atoms with Crippen molar-refractivity contribution in [2.75, 3.05) is 37.8 Å². The van der Waals surface area contributed by atoms with Gasteiger partial charge in [0.05, 0.1) is 13.2 Å². The van der Waals surface area contributed by atoms with E-state index in [0.29, 0.717) is 18.6 Å². The SMILES string of the molecule is OCC1CCC(NCc2cnc(N3CCOCC3)nc2)CC1. The zero-order valence-electron chi connectivity index (χ0n) is 13.1. The van der Waals surface area contributed by atoms with E-state index >= 15 is 0 Å². The van der Waals surface area contributed by atoms with Gasteiger partial charge in [0.2, 0.25) is 5.95 Å². The van der Waals surface area contributed by atoms with Crippen LogP contribution in [0.2, 0.25) is 0 Å². The maximum atomic E-state index is 9.17. The van der Waals surface area contributed by atoms with Gasteiger partial charge in [-0.2, -0.15) is 0 Å². The van der Waals surface area contributed by atoms with Crippen LogP contribution in [0.3, 0.4) is 0 Å². The van der Waals surface area contributed by atoms with Crippen molar-refractivity contribution in [3.05, 3.63) is 18.0 Å². The average Bonchev–Trinajstić information content (AvgIpc) is 2.61. The van der Waals surface area contributed by atoms with E-state index < -0.39 is 0 Å². The van der Waals surface area contributed by atoms with Gasteiger partial charge in [-0.15, -0.1) is 0 Å². The van der Waals surface area contributed by atoms with Crippen molar-refractivity contribution < 1.29 is 9.84 Å². The number of anilines is 1. The Kier molecular flexibility index (Phi) is 5.58. The number of nitrogens with one attached hydrogen (secondary N) is 1. The van der Waals surface area contributed by atoms with Crippen molar-refractivity contribution in [2.45, 2.75) is 38.3 Å². The van der Waals surface area contributed by atoms with Gasteiger partial charge in [0.1, 0.15) is 0 Å². The van der Waals surface area contributed by atoms with Crippen LogP contribution < -0.4 is 10.2 Å². The van der Waals surface area contributed by atoms with Gasteiger partial charge in [-0.3, -0.25) is 0 Å². The minimum Gasteiger partial charge on any atom is -0.396 e. The summed E-state index contributed by atoms with van der Waals surface area (Å²) in [5.74, 6) is 1.31. The van der Waals surface area contributed by atoms with Gasteiger partial charge in [-0.25, -0.2) is 9.97 Å². The molecule has 0 amide bonds. The highest BCUT2D eigenvalue weighted by Crippen LogP contribution is 2.23. The van der Waals surface area contributed by atoms with E-state index in [-0.39, 0.29) is 0 Å². The van der Waals surface area contributed by atoms with E-state index in [1.54, 1.807) is 0 Å². The highest BCUT2D eigenvalue weighted by molar-refractivity contribution is 5.30. The minimum absolute atomic E-state index is 0.337. The van der Waals surface area contributed by atoms with Crippen LogP contribution in [0, 0.1) is 5.92 Å². The lowest BCUT2D eigenvalue weighted by Gasteiger charge is -2.28. The van der Waals surface area contributed by atoms with Crippen LogP contribution in [0.5, 0.6) is 0 Å². The molecular formula is C16H26N4O2. The van der Waals surface area contributed by atoms with E-state index in [0.717, 1.165) is 70.0 Å². The van der Waals surface area contributed by atoms with E-state index in [1.165, 1.54) is 0 Å². The molecule has 1 aliphatic heterocycles. The lowest BCUT2D eigenvalue weighted by Crippen LogP contribution is -2.37. The number of hydrogen-bond donors (Lipinski definition) is 2. The smallest absolute Gasteiger partial charge is 0.225 e. The normalized spacial score (nSPS) is 26.1. The molecule has 0 bridgehead atoms. The van der Waals surface area contributed by atoms with Gasteiger partial charge in [0, 0.05) is 50.2 Å². The highest BCUT2D eigenvalue weighted by atomic mass is 16.5. The fourth-order valence-corrected chi connectivity index (χ4v) is 3.18. The van der Waals surface area contributed by atoms with Crippen LogP contribution in [0.25, 0.3) is 0 Å². The third kappa shape index (κ3) is 4.15. The lowest BCUT2D eigenvalue weighted by molar-refractivity contribution is 0.122. The van der Waals surface area contributed by atoms with Gasteiger partial charge >= 0.3 is 0 Å². The summed E-state index contributed by atoms with van der Waals surface area (Å²) in [5, 5.41) is 12.8. The van der Waals surface area contributed by atoms with Crippen LogP contribution in [-0.2, 0) is 11.3 Å². The number of hydrogen-bond acceptors (Lipinski definition) is 6. The minimum atomic E-state index is 0.337. The molecule has 2 N–H and O–H groups in total. The molecule has 1 aromatic rings. The van der Waals surface area contributed by atoms with Crippen molar-refractivity contribution >= 4 is 5.95 Å². The monoisotopic (exact) mass is 306 g/mol. The zero-order valence-corrected chi connectivity index (χ0v) is 13.1. The molecule has 2 fully saturated rings. The second-order valence-electron chi connectivity index (χ2n) is 6.27. The molecule has 0 unspecified atom stereocenters. The molecule has 22 heavy (non-hydrogen) atoms. The highest BCUT2D eigenvalue weighted by Gasteiger charge is 2.20. The Bertz CT molecular complexity index is 440. The molecule has 0 spiro atoms. The largest absolute Gasteiger partial charge is 0.396 e. The predicted molar refractivity (Wildman–Crippen MR) is 84.7 cm³/mol. The summed E-state index contributed by atoms with van der Waals surface area (Å²) in [7, 11) is 0. The number of nitrogens with zero attached hydrogens (tertiary/aromatic N) is 3. The molecule has 1 saturated heterocycles. The molecule has 0 radical (unpaired) electrons. The van der Waals surface area contributed by atoms with Crippen LogP contribution in [0.1, 0.15) is 31.2 Å². The van der Waals surface area contributed by atoms with Gasteiger partial charge in [0.25, 0.3) is 0 Å².